The van der Waals surface area contributed by atoms with Crippen molar-refractivity contribution < 1.29 is 14.3 Å². The number of carbonyl (C=O) groups excluding carboxylic acids is 2. The Hall–Kier alpha value is -2.14. The Morgan fingerprint density at radius 1 is 1.08 bits per heavy atom. The number of benzene rings is 1. The molecule has 0 bridgehead atoms. The number of aryl methyl sites for hydroxylation is 2. The van der Waals surface area contributed by atoms with E-state index >= 15 is 0 Å². The number of carbonyl (C=O) groups is 2. The highest BCUT2D eigenvalue weighted by molar-refractivity contribution is 7.10. The van der Waals surface area contributed by atoms with Gasteiger partial charge in [0, 0.05) is 22.5 Å². The number of ether oxygens (including phenoxy) is 1. The molecule has 2 aromatic rings. The van der Waals surface area contributed by atoms with Gasteiger partial charge in [0.15, 0.2) is 6.61 Å². The van der Waals surface area contributed by atoms with Gasteiger partial charge < -0.3 is 9.64 Å². The van der Waals surface area contributed by atoms with E-state index in [1.54, 1.807) is 16.2 Å². The molecule has 0 N–H and O–H groups in total. The fraction of sp³-hybridized carbons (Fsp3) is 0.400. The maximum atomic E-state index is 12.6. The highest BCUT2D eigenvalue weighted by atomic mass is 32.1. The molecular formula is C20H21NO3S. The molecule has 5 heteroatoms. The molecule has 1 aliphatic carbocycles. The van der Waals surface area contributed by atoms with E-state index in [0.29, 0.717) is 12.1 Å². The average molecular weight is 355 g/mol. The molecule has 1 aliphatic heterocycles. The first-order valence-electron chi connectivity index (χ1n) is 8.88. The number of hydrogen-bond acceptors (Lipinski definition) is 4. The number of anilines is 1. The summed E-state index contributed by atoms with van der Waals surface area (Å²) in [4.78, 5) is 28.0. The van der Waals surface area contributed by atoms with Crippen molar-refractivity contribution in [2.45, 2.75) is 38.5 Å². The maximum Gasteiger partial charge on any atom is 0.339 e. The van der Waals surface area contributed by atoms with Crippen LogP contribution in [0.2, 0.25) is 0 Å². The van der Waals surface area contributed by atoms with Gasteiger partial charge in [-0.3, -0.25) is 4.79 Å². The fourth-order valence-electron chi connectivity index (χ4n) is 3.74. The van der Waals surface area contributed by atoms with Gasteiger partial charge in [-0.2, -0.15) is 0 Å². The van der Waals surface area contributed by atoms with Crippen molar-refractivity contribution in [3.63, 3.8) is 0 Å². The first-order valence-corrected chi connectivity index (χ1v) is 9.76. The zero-order valence-electron chi connectivity index (χ0n) is 14.1. The summed E-state index contributed by atoms with van der Waals surface area (Å²) < 4.78 is 5.36. The monoisotopic (exact) mass is 355 g/mol. The number of amides is 1. The quantitative estimate of drug-likeness (QED) is 0.788. The molecule has 1 aromatic carbocycles. The number of esters is 1. The van der Waals surface area contributed by atoms with E-state index in [1.165, 1.54) is 16.9 Å². The lowest BCUT2D eigenvalue weighted by Gasteiger charge is -2.29. The van der Waals surface area contributed by atoms with Crippen LogP contribution in [0.1, 0.15) is 45.6 Å². The van der Waals surface area contributed by atoms with Gasteiger partial charge >= 0.3 is 5.97 Å². The molecule has 0 atom stereocenters. The number of thiophene rings is 1. The smallest absolute Gasteiger partial charge is 0.339 e. The summed E-state index contributed by atoms with van der Waals surface area (Å²) in [5, 5.41) is 1.89. The predicted octanol–water partition coefficient (Wildman–Crippen LogP) is 3.76. The molecule has 2 aliphatic rings. The van der Waals surface area contributed by atoms with E-state index < -0.39 is 0 Å². The van der Waals surface area contributed by atoms with Crippen molar-refractivity contribution in [3.05, 3.63) is 51.2 Å². The molecule has 0 saturated carbocycles. The van der Waals surface area contributed by atoms with Crippen LogP contribution >= 0.6 is 11.3 Å². The van der Waals surface area contributed by atoms with Gasteiger partial charge in [-0.05, 0) is 55.7 Å². The van der Waals surface area contributed by atoms with Crippen LogP contribution < -0.4 is 4.90 Å². The van der Waals surface area contributed by atoms with E-state index in [-0.39, 0.29) is 18.5 Å². The summed E-state index contributed by atoms with van der Waals surface area (Å²) >= 11 is 1.64. The van der Waals surface area contributed by atoms with Gasteiger partial charge in [-0.1, -0.05) is 18.2 Å². The Morgan fingerprint density at radius 3 is 2.84 bits per heavy atom. The minimum absolute atomic E-state index is 0.149. The molecule has 25 heavy (non-hydrogen) atoms. The third-order valence-electron chi connectivity index (χ3n) is 5.02. The van der Waals surface area contributed by atoms with E-state index in [9.17, 15) is 9.59 Å². The Kier molecular flexibility index (Phi) is 4.57. The van der Waals surface area contributed by atoms with Crippen LogP contribution in [0.3, 0.4) is 0 Å². The zero-order chi connectivity index (χ0) is 17.2. The summed E-state index contributed by atoms with van der Waals surface area (Å²) in [5.41, 5.74) is 3.92. The minimum Gasteiger partial charge on any atom is -0.452 e. The summed E-state index contributed by atoms with van der Waals surface area (Å²) in [6.45, 7) is 0.485. The molecule has 2 heterocycles. The number of para-hydroxylation sites is 1. The second kappa shape index (κ2) is 7.00. The molecule has 0 saturated heterocycles. The first-order chi connectivity index (χ1) is 12.2. The van der Waals surface area contributed by atoms with Gasteiger partial charge in [0.05, 0.1) is 5.56 Å². The van der Waals surface area contributed by atoms with E-state index in [1.807, 2.05) is 23.6 Å². The summed E-state index contributed by atoms with van der Waals surface area (Å²) in [6.07, 6.45) is 6.23. The Balaban J connectivity index is 1.43. The highest BCUT2D eigenvalue weighted by Gasteiger charge is 2.25. The third-order valence-corrected chi connectivity index (χ3v) is 6.11. The first kappa shape index (κ1) is 16.3. The predicted molar refractivity (Wildman–Crippen MR) is 98.4 cm³/mol. The lowest BCUT2D eigenvalue weighted by atomic mass is 9.96. The Morgan fingerprint density at radius 2 is 1.92 bits per heavy atom. The van der Waals surface area contributed by atoms with Crippen LogP contribution in [-0.4, -0.2) is 25.0 Å². The van der Waals surface area contributed by atoms with Crippen LogP contribution in [0.15, 0.2) is 29.6 Å². The molecule has 4 rings (SSSR count). The molecule has 0 fully saturated rings. The van der Waals surface area contributed by atoms with Gasteiger partial charge in [0.25, 0.3) is 5.91 Å². The van der Waals surface area contributed by atoms with Gasteiger partial charge in [-0.15, -0.1) is 11.3 Å². The van der Waals surface area contributed by atoms with E-state index in [4.69, 9.17) is 4.74 Å². The van der Waals surface area contributed by atoms with Crippen LogP contribution in [0.25, 0.3) is 0 Å². The number of hydrogen-bond donors (Lipinski definition) is 0. The van der Waals surface area contributed by atoms with Crippen molar-refractivity contribution in [1.29, 1.82) is 0 Å². The second-order valence-electron chi connectivity index (χ2n) is 6.61. The molecule has 130 valence electrons. The zero-order valence-corrected chi connectivity index (χ0v) is 14.9. The van der Waals surface area contributed by atoms with Gasteiger partial charge in [0.2, 0.25) is 0 Å². The molecular weight excluding hydrogens is 334 g/mol. The van der Waals surface area contributed by atoms with E-state index in [0.717, 1.165) is 43.4 Å². The summed E-state index contributed by atoms with van der Waals surface area (Å²) in [6, 6.07) is 7.95. The number of rotatable bonds is 3. The molecule has 1 aromatic heterocycles. The minimum atomic E-state index is -0.363. The van der Waals surface area contributed by atoms with Crippen LogP contribution in [-0.2, 0) is 28.8 Å². The number of fused-ring (bicyclic) bond motifs is 2. The van der Waals surface area contributed by atoms with Crippen molar-refractivity contribution in [1.82, 2.24) is 0 Å². The van der Waals surface area contributed by atoms with E-state index in [2.05, 4.69) is 6.07 Å². The summed E-state index contributed by atoms with van der Waals surface area (Å²) in [7, 11) is 0. The normalized spacial score (nSPS) is 16.1. The lowest BCUT2D eigenvalue weighted by Crippen LogP contribution is -2.38. The largest absolute Gasteiger partial charge is 0.452 e. The topological polar surface area (TPSA) is 46.6 Å². The van der Waals surface area contributed by atoms with Crippen molar-refractivity contribution >= 4 is 28.9 Å². The molecule has 1 amide bonds. The molecule has 4 nitrogen and oxygen atoms in total. The lowest BCUT2D eigenvalue weighted by molar-refractivity contribution is -0.121. The standard InChI is InChI=1S/C20H21NO3S/c22-19(21-11-5-7-14-6-1-3-9-17(14)21)12-24-20(23)16-13-25-18-10-4-2-8-15(16)18/h1,3,6,9,13H,2,4-5,7-8,10-12H2. The molecule has 0 spiro atoms. The summed E-state index contributed by atoms with van der Waals surface area (Å²) in [5.74, 6) is -0.511. The Labute approximate surface area is 151 Å². The van der Waals surface area contributed by atoms with Gasteiger partial charge in [-0.25, -0.2) is 4.79 Å². The third kappa shape index (κ3) is 3.21. The van der Waals surface area contributed by atoms with Gasteiger partial charge in [0.1, 0.15) is 0 Å². The van der Waals surface area contributed by atoms with Crippen LogP contribution in [0, 0.1) is 0 Å². The number of nitrogens with zero attached hydrogens (tertiary/aromatic N) is 1. The maximum absolute atomic E-state index is 12.6. The van der Waals surface area contributed by atoms with Crippen molar-refractivity contribution in [3.8, 4) is 0 Å². The SMILES string of the molecule is O=C(OCC(=O)N1CCCc2ccccc21)c1csc2c1CCCC2. The van der Waals surface area contributed by atoms with Crippen molar-refractivity contribution in [2.75, 3.05) is 18.1 Å². The highest BCUT2D eigenvalue weighted by Crippen LogP contribution is 2.31. The second-order valence-corrected chi connectivity index (χ2v) is 7.58. The van der Waals surface area contributed by atoms with Crippen LogP contribution in [0.5, 0.6) is 0 Å². The molecule has 0 unspecified atom stereocenters. The average Bonchev–Trinajstić information content (AvgIpc) is 3.09. The fourth-order valence-corrected chi connectivity index (χ4v) is 4.86. The van der Waals surface area contributed by atoms with Crippen molar-refractivity contribution in [2.24, 2.45) is 0 Å². The Bertz CT molecular complexity index is 811. The molecule has 0 radical (unpaired) electrons. The van der Waals surface area contributed by atoms with Crippen LogP contribution in [0.4, 0.5) is 5.69 Å².